The van der Waals surface area contributed by atoms with Crippen molar-refractivity contribution < 1.29 is 4.79 Å². The van der Waals surface area contributed by atoms with Crippen LogP contribution in [0.25, 0.3) is 0 Å². The number of amides is 1. The van der Waals surface area contributed by atoms with Gasteiger partial charge >= 0.3 is 0 Å². The Hall–Kier alpha value is -1.35. The first-order chi connectivity index (χ1) is 7.04. The summed E-state index contributed by atoms with van der Waals surface area (Å²) in [6, 6.07) is 7.63. The molecule has 1 fully saturated rings. The quantitative estimate of drug-likeness (QED) is 0.790. The standard InChI is InChI=1S/C12H16N2O/c1-14(2)11(15)9-5-3-4-6-10(9)12(13)7-8-12/h3-6H,7-8,13H2,1-2H3. The molecule has 80 valence electrons. The molecule has 2 rings (SSSR count). The SMILES string of the molecule is CN(C)C(=O)c1ccccc1C1(N)CC1. The second-order valence-corrected chi connectivity index (χ2v) is 4.40. The molecule has 0 radical (unpaired) electrons. The molecule has 3 heteroatoms. The first-order valence-corrected chi connectivity index (χ1v) is 5.15. The monoisotopic (exact) mass is 204 g/mol. The lowest BCUT2D eigenvalue weighted by Crippen LogP contribution is -2.27. The molecule has 3 nitrogen and oxygen atoms in total. The summed E-state index contributed by atoms with van der Waals surface area (Å²) in [4.78, 5) is 13.5. The van der Waals surface area contributed by atoms with Gasteiger partial charge in [0.25, 0.3) is 5.91 Å². The molecule has 1 saturated carbocycles. The molecule has 0 bridgehead atoms. The van der Waals surface area contributed by atoms with E-state index in [0.29, 0.717) is 0 Å². The van der Waals surface area contributed by atoms with Crippen molar-refractivity contribution in [1.29, 1.82) is 0 Å². The molecule has 1 aliphatic rings. The van der Waals surface area contributed by atoms with Crippen LogP contribution in [0.3, 0.4) is 0 Å². The van der Waals surface area contributed by atoms with Crippen LogP contribution >= 0.6 is 0 Å². The Balaban J connectivity index is 2.43. The number of nitrogens with two attached hydrogens (primary N) is 1. The summed E-state index contributed by atoms with van der Waals surface area (Å²) in [5.74, 6) is 0.0299. The molecular weight excluding hydrogens is 188 g/mol. The zero-order valence-electron chi connectivity index (χ0n) is 9.16. The second kappa shape index (κ2) is 3.35. The minimum atomic E-state index is -0.248. The van der Waals surface area contributed by atoms with E-state index in [2.05, 4.69) is 0 Å². The lowest BCUT2D eigenvalue weighted by atomic mass is 9.98. The van der Waals surface area contributed by atoms with Crippen molar-refractivity contribution in [3.8, 4) is 0 Å². The predicted octanol–water partition coefficient (Wildman–Crippen LogP) is 1.34. The number of benzene rings is 1. The number of rotatable bonds is 2. The van der Waals surface area contributed by atoms with E-state index < -0.39 is 0 Å². The van der Waals surface area contributed by atoms with Crippen molar-refractivity contribution in [3.63, 3.8) is 0 Å². The fourth-order valence-corrected chi connectivity index (χ4v) is 1.75. The Morgan fingerprint density at radius 1 is 1.33 bits per heavy atom. The first-order valence-electron chi connectivity index (χ1n) is 5.15. The van der Waals surface area contributed by atoms with Gasteiger partial charge < -0.3 is 10.6 Å². The molecule has 2 N–H and O–H groups in total. The van der Waals surface area contributed by atoms with E-state index in [0.717, 1.165) is 24.0 Å². The molecule has 0 aromatic heterocycles. The van der Waals surface area contributed by atoms with Crippen molar-refractivity contribution in [1.82, 2.24) is 4.90 Å². The Labute approximate surface area is 89.9 Å². The highest BCUT2D eigenvalue weighted by Gasteiger charge is 2.42. The maximum atomic E-state index is 11.9. The summed E-state index contributed by atoms with van der Waals surface area (Å²) >= 11 is 0. The predicted molar refractivity (Wildman–Crippen MR) is 59.6 cm³/mol. The number of hydrogen-bond donors (Lipinski definition) is 1. The maximum absolute atomic E-state index is 11.9. The van der Waals surface area contributed by atoms with Gasteiger partial charge in [0, 0.05) is 25.2 Å². The molecular formula is C12H16N2O. The molecule has 1 aromatic rings. The highest BCUT2D eigenvalue weighted by molar-refractivity contribution is 5.95. The Kier molecular flexibility index (Phi) is 2.27. The number of carbonyl (C=O) groups excluding carboxylic acids is 1. The minimum absolute atomic E-state index is 0.0299. The van der Waals surface area contributed by atoms with Crippen LogP contribution in [0.2, 0.25) is 0 Å². The van der Waals surface area contributed by atoms with Gasteiger partial charge in [-0.15, -0.1) is 0 Å². The number of hydrogen-bond acceptors (Lipinski definition) is 2. The molecule has 1 aliphatic carbocycles. The Morgan fingerprint density at radius 3 is 2.47 bits per heavy atom. The van der Waals surface area contributed by atoms with Gasteiger partial charge in [0.1, 0.15) is 0 Å². The van der Waals surface area contributed by atoms with Crippen LogP contribution in [0.5, 0.6) is 0 Å². The van der Waals surface area contributed by atoms with E-state index in [1.165, 1.54) is 0 Å². The van der Waals surface area contributed by atoms with Crippen LogP contribution in [-0.2, 0) is 5.54 Å². The molecule has 0 heterocycles. The summed E-state index contributed by atoms with van der Waals surface area (Å²) < 4.78 is 0. The Bertz CT molecular complexity index is 394. The zero-order chi connectivity index (χ0) is 11.1. The van der Waals surface area contributed by atoms with Crippen LogP contribution < -0.4 is 5.73 Å². The summed E-state index contributed by atoms with van der Waals surface area (Å²) in [5.41, 5.74) is 7.62. The topological polar surface area (TPSA) is 46.3 Å². The minimum Gasteiger partial charge on any atom is -0.345 e. The number of nitrogens with zero attached hydrogens (tertiary/aromatic N) is 1. The third-order valence-electron chi connectivity index (χ3n) is 2.89. The van der Waals surface area contributed by atoms with Crippen molar-refractivity contribution in [2.45, 2.75) is 18.4 Å². The van der Waals surface area contributed by atoms with Crippen LogP contribution in [0.4, 0.5) is 0 Å². The molecule has 0 saturated heterocycles. The lowest BCUT2D eigenvalue weighted by Gasteiger charge is -2.17. The maximum Gasteiger partial charge on any atom is 0.253 e. The summed E-state index contributed by atoms with van der Waals surface area (Å²) in [5, 5.41) is 0. The van der Waals surface area contributed by atoms with E-state index in [-0.39, 0.29) is 11.4 Å². The molecule has 15 heavy (non-hydrogen) atoms. The summed E-state index contributed by atoms with van der Waals surface area (Å²) in [7, 11) is 3.52. The first kappa shape index (κ1) is 10.2. The highest BCUT2D eigenvalue weighted by Crippen LogP contribution is 2.44. The molecule has 0 unspecified atom stereocenters. The highest BCUT2D eigenvalue weighted by atomic mass is 16.2. The van der Waals surface area contributed by atoms with Crippen molar-refractivity contribution in [2.75, 3.05) is 14.1 Å². The van der Waals surface area contributed by atoms with Crippen LogP contribution in [0.15, 0.2) is 24.3 Å². The molecule has 0 atom stereocenters. The van der Waals surface area contributed by atoms with Crippen molar-refractivity contribution in [3.05, 3.63) is 35.4 Å². The van der Waals surface area contributed by atoms with Gasteiger partial charge in [-0.05, 0) is 24.5 Å². The summed E-state index contributed by atoms with van der Waals surface area (Å²) in [6.45, 7) is 0. The largest absolute Gasteiger partial charge is 0.345 e. The number of carbonyl (C=O) groups is 1. The average molecular weight is 204 g/mol. The van der Waals surface area contributed by atoms with Crippen LogP contribution in [0, 0.1) is 0 Å². The van der Waals surface area contributed by atoms with E-state index in [1.807, 2.05) is 24.3 Å². The van der Waals surface area contributed by atoms with Gasteiger partial charge in [0.2, 0.25) is 0 Å². The smallest absolute Gasteiger partial charge is 0.253 e. The Morgan fingerprint density at radius 2 is 1.93 bits per heavy atom. The summed E-state index contributed by atoms with van der Waals surface area (Å²) in [6.07, 6.45) is 1.95. The fraction of sp³-hybridized carbons (Fsp3) is 0.417. The van der Waals surface area contributed by atoms with Gasteiger partial charge in [-0.25, -0.2) is 0 Å². The molecule has 0 spiro atoms. The van der Waals surface area contributed by atoms with E-state index >= 15 is 0 Å². The fourth-order valence-electron chi connectivity index (χ4n) is 1.75. The lowest BCUT2D eigenvalue weighted by molar-refractivity contribution is 0.0825. The molecule has 0 aliphatic heterocycles. The van der Waals surface area contributed by atoms with Gasteiger partial charge in [0.15, 0.2) is 0 Å². The van der Waals surface area contributed by atoms with E-state index in [1.54, 1.807) is 19.0 Å². The van der Waals surface area contributed by atoms with Gasteiger partial charge in [-0.3, -0.25) is 4.79 Å². The van der Waals surface area contributed by atoms with E-state index in [4.69, 9.17) is 5.73 Å². The van der Waals surface area contributed by atoms with Gasteiger partial charge in [-0.1, -0.05) is 18.2 Å². The van der Waals surface area contributed by atoms with Gasteiger partial charge in [0.05, 0.1) is 0 Å². The van der Waals surface area contributed by atoms with Gasteiger partial charge in [-0.2, -0.15) is 0 Å². The van der Waals surface area contributed by atoms with E-state index in [9.17, 15) is 4.79 Å². The third kappa shape index (κ3) is 1.75. The second-order valence-electron chi connectivity index (χ2n) is 4.40. The molecule has 1 amide bonds. The third-order valence-corrected chi connectivity index (χ3v) is 2.89. The zero-order valence-corrected chi connectivity index (χ0v) is 9.16. The van der Waals surface area contributed by atoms with Crippen LogP contribution in [-0.4, -0.2) is 24.9 Å². The van der Waals surface area contributed by atoms with Crippen molar-refractivity contribution >= 4 is 5.91 Å². The van der Waals surface area contributed by atoms with Crippen LogP contribution in [0.1, 0.15) is 28.8 Å². The average Bonchev–Trinajstić information content (AvgIpc) is 2.96. The normalized spacial score (nSPS) is 17.3. The van der Waals surface area contributed by atoms with Crippen molar-refractivity contribution in [2.24, 2.45) is 5.73 Å². The molecule has 1 aromatic carbocycles.